The van der Waals surface area contributed by atoms with Crippen LogP contribution in [-0.2, 0) is 0 Å². The number of rotatable bonds is 7. The van der Waals surface area contributed by atoms with Gasteiger partial charge in [0.05, 0.1) is 7.85 Å². The van der Waals surface area contributed by atoms with Crippen LogP contribution in [0.3, 0.4) is 0 Å². The Labute approximate surface area is 91.2 Å². The van der Waals surface area contributed by atoms with Crippen molar-refractivity contribution in [2.45, 2.75) is 77.1 Å². The van der Waals surface area contributed by atoms with Gasteiger partial charge in [0.15, 0.2) is 0 Å². The van der Waals surface area contributed by atoms with E-state index in [1.807, 2.05) is 0 Å². The molecule has 2 radical (unpaired) electrons. The third-order valence-corrected chi connectivity index (χ3v) is 2.64. The monoisotopic (exact) mass is 195 g/mol. The van der Waals surface area contributed by atoms with Crippen LogP contribution in [0.2, 0.25) is 5.31 Å². The summed E-state index contributed by atoms with van der Waals surface area (Å²) < 4.78 is 0. The first-order valence-corrected chi connectivity index (χ1v) is 5.85. The highest BCUT2D eigenvalue weighted by Crippen LogP contribution is 2.27. The van der Waals surface area contributed by atoms with Crippen LogP contribution in [0, 0.1) is 0 Å². The van der Waals surface area contributed by atoms with Gasteiger partial charge in [-0.1, -0.05) is 51.8 Å². The fraction of sp³-hybridized carbons (Fsp3) is 1.00. The highest BCUT2D eigenvalue weighted by Gasteiger charge is 2.17. The molecule has 0 aromatic carbocycles. The molecule has 2 N–H and O–H groups in total. The summed E-state index contributed by atoms with van der Waals surface area (Å²) in [6.07, 6.45) is 6.91. The number of hydrogen-bond donors (Lipinski definition) is 1. The number of nitrogens with two attached hydrogens (primary N) is 1. The molecular formula is C12H26BN. The highest BCUT2D eigenvalue weighted by atomic mass is 14.7. The molecule has 1 unspecified atom stereocenters. The SMILES string of the molecule is [B]C(C)(C)CCCCC(C)(N)CCC. The van der Waals surface area contributed by atoms with Crippen LogP contribution in [0.1, 0.15) is 66.2 Å². The Bertz CT molecular complexity index is 147. The topological polar surface area (TPSA) is 26.0 Å². The molecule has 0 bridgehead atoms. The fourth-order valence-corrected chi connectivity index (χ4v) is 1.81. The molecule has 0 aliphatic rings. The Kier molecular flexibility index (Phi) is 5.81. The smallest absolute Gasteiger partial charge is 0.0738 e. The summed E-state index contributed by atoms with van der Waals surface area (Å²) in [6.45, 7) is 8.51. The highest BCUT2D eigenvalue weighted by molar-refractivity contribution is 6.14. The minimum absolute atomic E-state index is 0.0181. The van der Waals surface area contributed by atoms with Gasteiger partial charge in [0.25, 0.3) is 0 Å². The van der Waals surface area contributed by atoms with Crippen LogP contribution in [0.15, 0.2) is 0 Å². The van der Waals surface area contributed by atoms with Gasteiger partial charge in [-0.2, -0.15) is 0 Å². The van der Waals surface area contributed by atoms with Crippen LogP contribution in [0.5, 0.6) is 0 Å². The molecule has 82 valence electrons. The summed E-state index contributed by atoms with van der Waals surface area (Å²) in [5.41, 5.74) is 6.18. The first-order chi connectivity index (χ1) is 6.27. The largest absolute Gasteiger partial charge is 0.325 e. The van der Waals surface area contributed by atoms with Crippen molar-refractivity contribution in [3.63, 3.8) is 0 Å². The van der Waals surface area contributed by atoms with Gasteiger partial charge in [-0.05, 0) is 19.8 Å². The van der Waals surface area contributed by atoms with Gasteiger partial charge in [0.1, 0.15) is 0 Å². The summed E-state index contributed by atoms with van der Waals surface area (Å²) in [6, 6.07) is 0. The summed E-state index contributed by atoms with van der Waals surface area (Å²) in [7, 11) is 5.91. The predicted octanol–water partition coefficient (Wildman–Crippen LogP) is 3.43. The first-order valence-electron chi connectivity index (χ1n) is 5.85. The summed E-state index contributed by atoms with van der Waals surface area (Å²) in [4.78, 5) is 0. The lowest BCUT2D eigenvalue weighted by Gasteiger charge is -2.25. The van der Waals surface area contributed by atoms with Crippen molar-refractivity contribution in [3.05, 3.63) is 0 Å². The zero-order valence-electron chi connectivity index (χ0n) is 10.4. The second-order valence-electron chi connectivity index (χ2n) is 5.60. The van der Waals surface area contributed by atoms with E-state index in [4.69, 9.17) is 13.6 Å². The molecule has 0 saturated carbocycles. The Hall–Kier alpha value is 0.0249. The molecule has 0 rings (SSSR count). The molecule has 0 amide bonds. The maximum Gasteiger partial charge on any atom is 0.0738 e. The predicted molar refractivity (Wildman–Crippen MR) is 65.8 cm³/mol. The van der Waals surface area contributed by atoms with E-state index in [1.165, 1.54) is 19.3 Å². The fourth-order valence-electron chi connectivity index (χ4n) is 1.81. The third-order valence-electron chi connectivity index (χ3n) is 2.64. The lowest BCUT2D eigenvalue weighted by molar-refractivity contribution is 0.373. The average Bonchev–Trinajstić information content (AvgIpc) is 1.96. The van der Waals surface area contributed by atoms with Gasteiger partial charge >= 0.3 is 0 Å². The Morgan fingerprint density at radius 2 is 1.50 bits per heavy atom. The maximum atomic E-state index is 6.15. The first kappa shape index (κ1) is 14.0. The Balaban J connectivity index is 3.54. The molecule has 0 aliphatic carbocycles. The molecule has 0 fully saturated rings. The lowest BCUT2D eigenvalue weighted by atomic mass is 9.69. The van der Waals surface area contributed by atoms with Crippen molar-refractivity contribution in [1.82, 2.24) is 0 Å². The van der Waals surface area contributed by atoms with Gasteiger partial charge < -0.3 is 5.73 Å². The van der Waals surface area contributed by atoms with E-state index in [-0.39, 0.29) is 10.9 Å². The van der Waals surface area contributed by atoms with Crippen molar-refractivity contribution < 1.29 is 0 Å². The zero-order chi connectivity index (χ0) is 11.2. The second-order valence-corrected chi connectivity index (χ2v) is 5.60. The minimum atomic E-state index is -0.0181. The molecule has 0 aromatic rings. The molecule has 1 atom stereocenters. The van der Waals surface area contributed by atoms with Crippen molar-refractivity contribution in [3.8, 4) is 0 Å². The van der Waals surface area contributed by atoms with Crippen molar-refractivity contribution in [1.29, 1.82) is 0 Å². The van der Waals surface area contributed by atoms with Gasteiger partial charge in [-0.15, -0.1) is 0 Å². The van der Waals surface area contributed by atoms with E-state index in [9.17, 15) is 0 Å². The normalized spacial score (nSPS) is 16.6. The third kappa shape index (κ3) is 8.62. The van der Waals surface area contributed by atoms with Gasteiger partial charge in [0.2, 0.25) is 0 Å². The Morgan fingerprint density at radius 3 is 1.93 bits per heavy atom. The molecule has 0 heterocycles. The van der Waals surface area contributed by atoms with E-state index in [0.717, 1.165) is 19.3 Å². The molecular weight excluding hydrogens is 169 g/mol. The zero-order valence-corrected chi connectivity index (χ0v) is 10.4. The summed E-state index contributed by atoms with van der Waals surface area (Å²) in [5.74, 6) is 0. The second kappa shape index (κ2) is 5.80. The van der Waals surface area contributed by atoms with E-state index < -0.39 is 0 Å². The molecule has 0 aliphatic heterocycles. The molecule has 0 spiro atoms. The van der Waals surface area contributed by atoms with Gasteiger partial charge in [0, 0.05) is 5.54 Å². The van der Waals surface area contributed by atoms with Crippen LogP contribution >= 0.6 is 0 Å². The van der Waals surface area contributed by atoms with Crippen LogP contribution in [0.25, 0.3) is 0 Å². The molecule has 0 saturated heterocycles. The minimum Gasteiger partial charge on any atom is -0.325 e. The molecule has 14 heavy (non-hydrogen) atoms. The van der Waals surface area contributed by atoms with Crippen molar-refractivity contribution in [2.75, 3.05) is 0 Å². The number of hydrogen-bond acceptors (Lipinski definition) is 1. The Morgan fingerprint density at radius 1 is 1.00 bits per heavy atom. The van der Waals surface area contributed by atoms with E-state index in [1.54, 1.807) is 0 Å². The van der Waals surface area contributed by atoms with E-state index in [0.29, 0.717) is 0 Å². The average molecular weight is 195 g/mol. The molecule has 0 aromatic heterocycles. The molecule has 2 heteroatoms. The standard InChI is InChI=1S/C12H26BN/c1-5-8-12(4,14)10-7-6-9-11(2,3)13/h5-10,14H2,1-4H3. The van der Waals surface area contributed by atoms with Crippen molar-refractivity contribution in [2.24, 2.45) is 5.73 Å². The van der Waals surface area contributed by atoms with Crippen molar-refractivity contribution >= 4 is 7.85 Å². The van der Waals surface area contributed by atoms with Gasteiger partial charge in [-0.3, -0.25) is 0 Å². The van der Waals surface area contributed by atoms with Crippen LogP contribution in [-0.4, -0.2) is 13.4 Å². The summed E-state index contributed by atoms with van der Waals surface area (Å²) >= 11 is 0. The number of unbranched alkanes of at least 4 members (excludes halogenated alkanes) is 1. The van der Waals surface area contributed by atoms with E-state index in [2.05, 4.69) is 27.7 Å². The summed E-state index contributed by atoms with van der Waals surface area (Å²) in [5, 5.41) is -0.0181. The van der Waals surface area contributed by atoms with Crippen LogP contribution < -0.4 is 5.73 Å². The van der Waals surface area contributed by atoms with Crippen LogP contribution in [0.4, 0.5) is 0 Å². The quantitative estimate of drug-likeness (QED) is 0.488. The van der Waals surface area contributed by atoms with Gasteiger partial charge in [-0.25, -0.2) is 0 Å². The lowest BCUT2D eigenvalue weighted by Crippen LogP contribution is -2.35. The van der Waals surface area contributed by atoms with E-state index >= 15 is 0 Å². The maximum absolute atomic E-state index is 6.15. The molecule has 1 nitrogen and oxygen atoms in total.